The Balaban J connectivity index is 1.74. The zero-order valence-electron chi connectivity index (χ0n) is 10.7. The van der Waals surface area contributed by atoms with Crippen LogP contribution in [0.5, 0.6) is 0 Å². The second kappa shape index (κ2) is 4.69. The van der Waals surface area contributed by atoms with Crippen LogP contribution in [0.15, 0.2) is 12.4 Å². The van der Waals surface area contributed by atoms with Gasteiger partial charge in [0, 0.05) is 38.9 Å². The lowest BCUT2D eigenvalue weighted by Gasteiger charge is -2.35. The average Bonchev–Trinajstić information content (AvgIpc) is 2.65. The number of anilines is 1. The highest BCUT2D eigenvalue weighted by molar-refractivity contribution is 5.42. The van der Waals surface area contributed by atoms with Gasteiger partial charge in [0.2, 0.25) is 0 Å². The molecule has 2 fully saturated rings. The number of hydrogen-bond donors (Lipinski definition) is 0. The summed E-state index contributed by atoms with van der Waals surface area (Å²) in [7, 11) is 1.99. The van der Waals surface area contributed by atoms with Crippen molar-refractivity contribution in [1.82, 2.24) is 14.7 Å². The first-order valence-electron chi connectivity index (χ1n) is 6.80. The van der Waals surface area contributed by atoms with Crippen molar-refractivity contribution >= 4 is 5.69 Å². The SMILES string of the molecule is Cn1cc(N2CCCN3CCCCC3C2)cn1. The van der Waals surface area contributed by atoms with Crippen LogP contribution < -0.4 is 4.90 Å². The molecule has 3 rings (SSSR count). The van der Waals surface area contributed by atoms with Gasteiger partial charge in [-0.2, -0.15) is 5.10 Å². The van der Waals surface area contributed by atoms with Crippen LogP contribution in [-0.2, 0) is 7.05 Å². The Kier molecular flexibility index (Phi) is 3.05. The summed E-state index contributed by atoms with van der Waals surface area (Å²) in [6.07, 6.45) is 9.59. The molecule has 2 aliphatic rings. The van der Waals surface area contributed by atoms with Crippen LogP contribution >= 0.6 is 0 Å². The van der Waals surface area contributed by atoms with Crippen molar-refractivity contribution in [1.29, 1.82) is 0 Å². The van der Waals surface area contributed by atoms with E-state index in [1.54, 1.807) is 0 Å². The summed E-state index contributed by atoms with van der Waals surface area (Å²) in [5.74, 6) is 0. The molecule has 2 aliphatic heterocycles. The molecule has 94 valence electrons. The Hall–Kier alpha value is -1.03. The molecule has 0 N–H and O–H groups in total. The summed E-state index contributed by atoms with van der Waals surface area (Å²) in [6, 6.07) is 0.770. The molecule has 0 saturated carbocycles. The molecule has 0 aliphatic carbocycles. The summed E-state index contributed by atoms with van der Waals surface area (Å²) in [6.45, 7) is 4.96. The van der Waals surface area contributed by atoms with Gasteiger partial charge in [0.05, 0.1) is 11.9 Å². The van der Waals surface area contributed by atoms with Crippen molar-refractivity contribution < 1.29 is 0 Å². The highest BCUT2D eigenvalue weighted by Gasteiger charge is 2.27. The second-order valence-corrected chi connectivity index (χ2v) is 5.36. The molecule has 0 amide bonds. The maximum atomic E-state index is 4.29. The molecule has 1 aromatic rings. The van der Waals surface area contributed by atoms with Crippen LogP contribution in [0.4, 0.5) is 5.69 Å². The zero-order valence-corrected chi connectivity index (χ0v) is 10.7. The molecular formula is C13H22N4. The van der Waals surface area contributed by atoms with E-state index in [-0.39, 0.29) is 0 Å². The summed E-state index contributed by atoms with van der Waals surface area (Å²) in [5.41, 5.74) is 1.29. The minimum Gasteiger partial charge on any atom is -0.367 e. The van der Waals surface area contributed by atoms with Gasteiger partial charge >= 0.3 is 0 Å². The van der Waals surface area contributed by atoms with Crippen LogP contribution in [0.2, 0.25) is 0 Å². The summed E-state index contributed by atoms with van der Waals surface area (Å²) in [5, 5.41) is 4.29. The number of fused-ring (bicyclic) bond motifs is 1. The van der Waals surface area contributed by atoms with Crippen LogP contribution in [0, 0.1) is 0 Å². The fraction of sp³-hybridized carbons (Fsp3) is 0.769. The van der Waals surface area contributed by atoms with Gasteiger partial charge in [-0.15, -0.1) is 0 Å². The molecule has 1 aromatic heterocycles. The first kappa shape index (κ1) is 11.1. The van der Waals surface area contributed by atoms with Crippen molar-refractivity contribution in [3.8, 4) is 0 Å². The summed E-state index contributed by atoms with van der Waals surface area (Å²) in [4.78, 5) is 5.21. The maximum Gasteiger partial charge on any atom is 0.0752 e. The maximum absolute atomic E-state index is 4.29. The third-order valence-corrected chi connectivity index (χ3v) is 4.11. The number of piperidine rings is 1. The fourth-order valence-electron chi connectivity index (χ4n) is 3.18. The smallest absolute Gasteiger partial charge is 0.0752 e. The topological polar surface area (TPSA) is 24.3 Å². The molecule has 17 heavy (non-hydrogen) atoms. The van der Waals surface area contributed by atoms with Gasteiger partial charge in [0.15, 0.2) is 0 Å². The van der Waals surface area contributed by atoms with E-state index in [2.05, 4.69) is 21.1 Å². The van der Waals surface area contributed by atoms with E-state index in [0.717, 1.165) is 6.04 Å². The molecule has 0 aromatic carbocycles. The molecule has 0 radical (unpaired) electrons. The minimum absolute atomic E-state index is 0.770. The molecule has 3 heterocycles. The van der Waals surface area contributed by atoms with Gasteiger partial charge in [0.1, 0.15) is 0 Å². The van der Waals surface area contributed by atoms with Gasteiger partial charge in [-0.1, -0.05) is 6.42 Å². The van der Waals surface area contributed by atoms with Crippen molar-refractivity contribution in [2.75, 3.05) is 31.1 Å². The molecule has 2 saturated heterocycles. The van der Waals surface area contributed by atoms with Crippen molar-refractivity contribution in [3.63, 3.8) is 0 Å². The van der Waals surface area contributed by atoms with Crippen LogP contribution in [0.25, 0.3) is 0 Å². The lowest BCUT2D eigenvalue weighted by molar-refractivity contribution is 0.162. The van der Waals surface area contributed by atoms with Crippen molar-refractivity contribution in [2.24, 2.45) is 7.05 Å². The van der Waals surface area contributed by atoms with E-state index < -0.39 is 0 Å². The Morgan fingerprint density at radius 3 is 2.88 bits per heavy atom. The van der Waals surface area contributed by atoms with Crippen LogP contribution in [-0.4, -0.2) is 46.9 Å². The van der Waals surface area contributed by atoms with Gasteiger partial charge in [-0.25, -0.2) is 0 Å². The van der Waals surface area contributed by atoms with E-state index in [4.69, 9.17) is 0 Å². The van der Waals surface area contributed by atoms with E-state index in [1.807, 2.05) is 17.9 Å². The standard InChI is InChI=1S/C13H22N4/c1-15-10-13(9-14-15)17-8-4-7-16-6-3-2-5-12(16)11-17/h9-10,12H,2-8,11H2,1H3. The molecule has 4 heteroatoms. The lowest BCUT2D eigenvalue weighted by atomic mass is 10.0. The number of aryl methyl sites for hydroxylation is 1. The number of rotatable bonds is 1. The van der Waals surface area contributed by atoms with Gasteiger partial charge in [-0.3, -0.25) is 9.58 Å². The third-order valence-electron chi connectivity index (χ3n) is 4.11. The minimum atomic E-state index is 0.770. The number of hydrogen-bond acceptors (Lipinski definition) is 3. The number of nitrogens with zero attached hydrogens (tertiary/aromatic N) is 4. The summed E-state index contributed by atoms with van der Waals surface area (Å²) < 4.78 is 1.90. The van der Waals surface area contributed by atoms with E-state index in [0.29, 0.717) is 0 Å². The van der Waals surface area contributed by atoms with E-state index >= 15 is 0 Å². The molecular weight excluding hydrogens is 212 g/mol. The average molecular weight is 234 g/mol. The highest BCUT2D eigenvalue weighted by atomic mass is 15.3. The zero-order chi connectivity index (χ0) is 11.7. The van der Waals surface area contributed by atoms with Gasteiger partial charge < -0.3 is 4.90 Å². The van der Waals surface area contributed by atoms with E-state index in [1.165, 1.54) is 57.5 Å². The van der Waals surface area contributed by atoms with Crippen LogP contribution in [0.1, 0.15) is 25.7 Å². The van der Waals surface area contributed by atoms with E-state index in [9.17, 15) is 0 Å². The van der Waals surface area contributed by atoms with Gasteiger partial charge in [0.25, 0.3) is 0 Å². The Labute approximate surface area is 103 Å². The molecule has 4 nitrogen and oxygen atoms in total. The quantitative estimate of drug-likeness (QED) is 0.735. The summed E-state index contributed by atoms with van der Waals surface area (Å²) >= 11 is 0. The molecule has 1 atom stereocenters. The van der Waals surface area contributed by atoms with Crippen molar-refractivity contribution in [3.05, 3.63) is 12.4 Å². The Bertz CT molecular complexity index is 373. The molecule has 0 bridgehead atoms. The predicted octanol–water partition coefficient (Wildman–Crippen LogP) is 1.48. The first-order valence-corrected chi connectivity index (χ1v) is 6.80. The lowest BCUT2D eigenvalue weighted by Crippen LogP contribution is -2.44. The first-order chi connectivity index (χ1) is 8.33. The molecule has 1 unspecified atom stereocenters. The van der Waals surface area contributed by atoms with Crippen LogP contribution in [0.3, 0.4) is 0 Å². The predicted molar refractivity (Wildman–Crippen MR) is 69.3 cm³/mol. The fourth-order valence-corrected chi connectivity index (χ4v) is 3.18. The monoisotopic (exact) mass is 234 g/mol. The Morgan fingerprint density at radius 1 is 1.18 bits per heavy atom. The third kappa shape index (κ3) is 2.32. The largest absolute Gasteiger partial charge is 0.367 e. The normalized spacial score (nSPS) is 26.6. The Morgan fingerprint density at radius 2 is 2.06 bits per heavy atom. The van der Waals surface area contributed by atoms with Gasteiger partial charge in [-0.05, 0) is 25.8 Å². The second-order valence-electron chi connectivity index (χ2n) is 5.36. The molecule has 0 spiro atoms. The number of aromatic nitrogens is 2. The highest BCUT2D eigenvalue weighted by Crippen LogP contribution is 2.24. The van der Waals surface area contributed by atoms with Crippen molar-refractivity contribution in [2.45, 2.75) is 31.7 Å².